The number of likely N-dealkylation sites (tertiary alicyclic amines) is 1. The molecule has 120 valence electrons. The standard InChI is InChI=1S/C16H25N5O/c1-18-12-5-7-21(8-6-12)15(9-17)14-10-20-16(11-19-14)22-13-3-2-4-13/h9-13,18H,2-8,17H2,1H3/b15-9+. The Morgan fingerprint density at radius 3 is 2.55 bits per heavy atom. The zero-order chi connectivity index (χ0) is 15.4. The Kier molecular flexibility index (Phi) is 4.77. The van der Waals surface area contributed by atoms with Crippen LogP contribution in [0.4, 0.5) is 0 Å². The first-order valence-electron chi connectivity index (χ1n) is 8.13. The van der Waals surface area contributed by atoms with E-state index in [2.05, 4.69) is 20.2 Å². The fourth-order valence-electron chi connectivity index (χ4n) is 2.93. The molecule has 1 aromatic rings. The van der Waals surface area contributed by atoms with Crippen molar-refractivity contribution in [2.75, 3.05) is 20.1 Å². The van der Waals surface area contributed by atoms with Crippen LogP contribution in [0, 0.1) is 0 Å². The van der Waals surface area contributed by atoms with Crippen LogP contribution in [0.3, 0.4) is 0 Å². The SMILES string of the molecule is CNC1CCN(/C(=C/N)c2cnc(OC3CCC3)cn2)CC1. The molecule has 1 aliphatic heterocycles. The summed E-state index contributed by atoms with van der Waals surface area (Å²) in [5.41, 5.74) is 7.60. The van der Waals surface area contributed by atoms with Crippen molar-refractivity contribution < 1.29 is 4.74 Å². The third kappa shape index (κ3) is 3.32. The molecule has 0 aromatic carbocycles. The zero-order valence-electron chi connectivity index (χ0n) is 13.2. The van der Waals surface area contributed by atoms with E-state index in [4.69, 9.17) is 10.5 Å². The maximum atomic E-state index is 5.83. The molecule has 2 fully saturated rings. The Bertz CT molecular complexity index is 504. The van der Waals surface area contributed by atoms with E-state index in [1.54, 1.807) is 18.6 Å². The lowest BCUT2D eigenvalue weighted by atomic mass is 9.96. The Labute approximate surface area is 131 Å². The molecular formula is C16H25N5O. The van der Waals surface area contributed by atoms with Crippen molar-refractivity contribution in [1.29, 1.82) is 0 Å². The molecule has 1 aromatic heterocycles. The van der Waals surface area contributed by atoms with Gasteiger partial charge in [0.05, 0.1) is 18.1 Å². The van der Waals surface area contributed by atoms with Crippen LogP contribution in [-0.2, 0) is 0 Å². The highest BCUT2D eigenvalue weighted by atomic mass is 16.5. The average molecular weight is 303 g/mol. The van der Waals surface area contributed by atoms with Crippen LogP contribution in [-0.4, -0.2) is 47.2 Å². The highest BCUT2D eigenvalue weighted by molar-refractivity contribution is 5.59. The lowest BCUT2D eigenvalue weighted by Gasteiger charge is -2.34. The molecule has 0 radical (unpaired) electrons. The number of rotatable bonds is 5. The predicted octanol–water partition coefficient (Wildman–Crippen LogP) is 1.35. The van der Waals surface area contributed by atoms with Crippen LogP contribution >= 0.6 is 0 Å². The number of nitrogens with zero attached hydrogens (tertiary/aromatic N) is 3. The Morgan fingerprint density at radius 1 is 1.27 bits per heavy atom. The normalized spacial score (nSPS) is 20.8. The molecule has 1 aliphatic carbocycles. The van der Waals surface area contributed by atoms with Crippen LogP contribution in [0.1, 0.15) is 37.8 Å². The lowest BCUT2D eigenvalue weighted by Crippen LogP contribution is -2.40. The van der Waals surface area contributed by atoms with Crippen LogP contribution in [0.2, 0.25) is 0 Å². The molecule has 0 spiro atoms. The molecule has 6 nitrogen and oxygen atoms in total. The summed E-state index contributed by atoms with van der Waals surface area (Å²) in [6.07, 6.45) is 11.2. The monoisotopic (exact) mass is 303 g/mol. The van der Waals surface area contributed by atoms with Gasteiger partial charge in [-0.2, -0.15) is 0 Å². The maximum Gasteiger partial charge on any atom is 0.232 e. The largest absolute Gasteiger partial charge is 0.473 e. The second-order valence-electron chi connectivity index (χ2n) is 6.01. The van der Waals surface area contributed by atoms with Crippen LogP contribution in [0.5, 0.6) is 5.88 Å². The third-order valence-corrected chi connectivity index (χ3v) is 4.63. The number of piperidine rings is 1. The minimum Gasteiger partial charge on any atom is -0.473 e. The molecule has 0 atom stereocenters. The van der Waals surface area contributed by atoms with Gasteiger partial charge in [0.25, 0.3) is 0 Å². The molecule has 6 heteroatoms. The summed E-state index contributed by atoms with van der Waals surface area (Å²) in [5, 5.41) is 3.34. The molecule has 3 N–H and O–H groups in total. The van der Waals surface area contributed by atoms with E-state index in [1.807, 2.05) is 7.05 Å². The molecule has 22 heavy (non-hydrogen) atoms. The molecule has 1 saturated carbocycles. The summed E-state index contributed by atoms with van der Waals surface area (Å²) in [7, 11) is 2.02. The first kappa shape index (κ1) is 15.1. The van der Waals surface area contributed by atoms with E-state index in [0.717, 1.165) is 50.2 Å². The van der Waals surface area contributed by atoms with E-state index in [1.165, 1.54) is 6.42 Å². The number of aromatic nitrogens is 2. The predicted molar refractivity (Wildman–Crippen MR) is 86.1 cm³/mol. The van der Waals surface area contributed by atoms with Gasteiger partial charge in [-0.15, -0.1) is 0 Å². The zero-order valence-corrected chi connectivity index (χ0v) is 13.2. The fraction of sp³-hybridized carbons (Fsp3) is 0.625. The quantitative estimate of drug-likeness (QED) is 0.855. The fourth-order valence-corrected chi connectivity index (χ4v) is 2.93. The van der Waals surface area contributed by atoms with Crippen molar-refractivity contribution in [3.05, 3.63) is 24.3 Å². The second kappa shape index (κ2) is 6.96. The van der Waals surface area contributed by atoms with Crippen LogP contribution in [0.25, 0.3) is 5.70 Å². The molecule has 0 unspecified atom stereocenters. The van der Waals surface area contributed by atoms with E-state index >= 15 is 0 Å². The number of hydrogen-bond donors (Lipinski definition) is 2. The van der Waals surface area contributed by atoms with Gasteiger partial charge in [-0.25, -0.2) is 9.97 Å². The van der Waals surface area contributed by atoms with Gasteiger partial charge in [0.15, 0.2) is 0 Å². The van der Waals surface area contributed by atoms with E-state index < -0.39 is 0 Å². The highest BCUT2D eigenvalue weighted by Gasteiger charge is 2.22. The molecule has 2 heterocycles. The third-order valence-electron chi connectivity index (χ3n) is 4.63. The molecule has 0 bridgehead atoms. The summed E-state index contributed by atoms with van der Waals surface area (Å²) in [6, 6.07) is 0.597. The second-order valence-corrected chi connectivity index (χ2v) is 6.01. The van der Waals surface area contributed by atoms with Gasteiger partial charge < -0.3 is 20.7 Å². The summed E-state index contributed by atoms with van der Waals surface area (Å²) < 4.78 is 5.75. The van der Waals surface area contributed by atoms with E-state index in [9.17, 15) is 0 Å². The average Bonchev–Trinajstić information content (AvgIpc) is 2.53. The van der Waals surface area contributed by atoms with E-state index in [0.29, 0.717) is 18.0 Å². The first-order valence-corrected chi connectivity index (χ1v) is 8.13. The van der Waals surface area contributed by atoms with Crippen molar-refractivity contribution in [3.63, 3.8) is 0 Å². The van der Waals surface area contributed by atoms with Gasteiger partial charge in [-0.05, 0) is 39.2 Å². The van der Waals surface area contributed by atoms with Gasteiger partial charge in [0.1, 0.15) is 11.8 Å². The van der Waals surface area contributed by atoms with Crippen LogP contribution in [0.15, 0.2) is 18.6 Å². The lowest BCUT2D eigenvalue weighted by molar-refractivity contribution is 0.114. The minimum atomic E-state index is 0.324. The minimum absolute atomic E-state index is 0.324. The molecule has 2 aliphatic rings. The van der Waals surface area contributed by atoms with Gasteiger partial charge >= 0.3 is 0 Å². The van der Waals surface area contributed by atoms with Gasteiger partial charge in [0, 0.05) is 25.3 Å². The Morgan fingerprint density at radius 2 is 2.05 bits per heavy atom. The van der Waals surface area contributed by atoms with Crippen LogP contribution < -0.4 is 15.8 Å². The van der Waals surface area contributed by atoms with Crippen molar-refractivity contribution in [1.82, 2.24) is 20.2 Å². The van der Waals surface area contributed by atoms with Crippen molar-refractivity contribution in [3.8, 4) is 5.88 Å². The van der Waals surface area contributed by atoms with Crippen molar-refractivity contribution in [2.45, 2.75) is 44.2 Å². The maximum absolute atomic E-state index is 5.83. The van der Waals surface area contributed by atoms with Crippen molar-refractivity contribution in [2.24, 2.45) is 5.73 Å². The van der Waals surface area contributed by atoms with Gasteiger partial charge in [-0.1, -0.05) is 0 Å². The molecular weight excluding hydrogens is 278 g/mol. The smallest absolute Gasteiger partial charge is 0.232 e. The van der Waals surface area contributed by atoms with E-state index in [-0.39, 0.29) is 0 Å². The highest BCUT2D eigenvalue weighted by Crippen LogP contribution is 2.25. The molecule has 3 rings (SSSR count). The number of nitrogens with two attached hydrogens (primary N) is 1. The topological polar surface area (TPSA) is 76.3 Å². The molecule has 1 saturated heterocycles. The summed E-state index contributed by atoms with van der Waals surface area (Å²) in [5.74, 6) is 0.610. The van der Waals surface area contributed by atoms with Crippen molar-refractivity contribution >= 4 is 5.70 Å². The Hall–Kier alpha value is -1.82. The Balaban J connectivity index is 1.63. The number of ether oxygens (including phenoxy) is 1. The summed E-state index contributed by atoms with van der Waals surface area (Å²) in [4.78, 5) is 11.1. The van der Waals surface area contributed by atoms with Gasteiger partial charge in [-0.3, -0.25) is 0 Å². The first-order chi connectivity index (χ1) is 10.8. The van der Waals surface area contributed by atoms with Gasteiger partial charge in [0.2, 0.25) is 5.88 Å². The summed E-state index contributed by atoms with van der Waals surface area (Å²) >= 11 is 0. The summed E-state index contributed by atoms with van der Waals surface area (Å²) in [6.45, 7) is 1.97. The molecule has 0 amide bonds. The number of hydrogen-bond acceptors (Lipinski definition) is 6. The number of nitrogens with one attached hydrogen (secondary N) is 1.